The molecule has 0 aliphatic carbocycles. The van der Waals surface area contributed by atoms with E-state index < -0.39 is 0 Å². The average molecular weight is 393 g/mol. The molecule has 0 spiro atoms. The van der Waals surface area contributed by atoms with E-state index in [1.54, 1.807) is 14.2 Å². The Morgan fingerprint density at radius 2 is 1.00 bits per heavy atom. The van der Waals surface area contributed by atoms with Gasteiger partial charge in [0, 0.05) is 0 Å². The molecule has 0 atom stereocenters. The third kappa shape index (κ3) is 2.86. The molecule has 0 heterocycles. The third-order valence-electron chi connectivity index (χ3n) is 4.33. The molecule has 0 radical (unpaired) electrons. The van der Waals surface area contributed by atoms with Crippen LogP contribution in [0.5, 0.6) is 11.5 Å². The van der Waals surface area contributed by atoms with Crippen LogP contribution in [0.2, 0.25) is 0 Å². The fourth-order valence-electron chi connectivity index (χ4n) is 3.08. The van der Waals surface area contributed by atoms with Crippen LogP contribution in [0.15, 0.2) is 72.8 Å². The molecule has 2 nitrogen and oxygen atoms in total. The maximum atomic E-state index is 5.69. The van der Waals surface area contributed by atoms with Crippen LogP contribution >= 0.6 is 0 Å². The van der Waals surface area contributed by atoms with Gasteiger partial charge in [-0.3, -0.25) is 0 Å². The molecule has 0 aliphatic rings. The van der Waals surface area contributed by atoms with Crippen LogP contribution in [0.4, 0.5) is 0 Å². The predicted octanol–water partition coefficient (Wildman–Crippen LogP) is 3.67. The topological polar surface area (TPSA) is 18.5 Å². The first-order valence-corrected chi connectivity index (χ1v) is 9.82. The summed E-state index contributed by atoms with van der Waals surface area (Å²) in [6, 6.07) is 25.3. The van der Waals surface area contributed by atoms with Crippen molar-refractivity contribution >= 4 is 45.4 Å². The van der Waals surface area contributed by atoms with Gasteiger partial charge >= 0.3 is 153 Å². The number of methoxy groups -OCH3 is 2. The summed E-state index contributed by atoms with van der Waals surface area (Å²) in [6.07, 6.45) is 0. The van der Waals surface area contributed by atoms with E-state index in [1.807, 2.05) is 0 Å². The van der Waals surface area contributed by atoms with Crippen molar-refractivity contribution in [2.75, 3.05) is 14.2 Å². The van der Waals surface area contributed by atoms with Gasteiger partial charge in [-0.2, -0.15) is 0 Å². The summed E-state index contributed by atoms with van der Waals surface area (Å²) in [4.78, 5) is 0. The van der Waals surface area contributed by atoms with E-state index in [2.05, 4.69) is 72.8 Å². The summed E-state index contributed by atoms with van der Waals surface area (Å²) in [7, 11) is 3.48. The van der Waals surface area contributed by atoms with E-state index in [9.17, 15) is 0 Å². The molecular weight excluding hydrogens is 375 g/mol. The SMILES string of the molecule is COc1ccc2ccccc2c1[Se]c1c(OC)ccc2ccccc12. The fourth-order valence-corrected chi connectivity index (χ4v) is 5.81. The molecule has 0 bridgehead atoms. The minimum absolute atomic E-state index is 0.0540. The fraction of sp³-hybridized carbons (Fsp3) is 0.0909. The minimum atomic E-state index is 0.0540. The monoisotopic (exact) mass is 394 g/mol. The van der Waals surface area contributed by atoms with Gasteiger partial charge in [0.1, 0.15) is 0 Å². The average Bonchev–Trinajstić information content (AvgIpc) is 2.68. The summed E-state index contributed by atoms with van der Waals surface area (Å²) in [6.45, 7) is 0. The van der Waals surface area contributed by atoms with Gasteiger partial charge in [-0.05, 0) is 0 Å². The number of ether oxygens (including phenoxy) is 2. The van der Waals surface area contributed by atoms with Crippen molar-refractivity contribution in [1.82, 2.24) is 0 Å². The molecule has 0 N–H and O–H groups in total. The molecule has 124 valence electrons. The number of hydrogen-bond donors (Lipinski definition) is 0. The van der Waals surface area contributed by atoms with Crippen molar-refractivity contribution in [3.8, 4) is 11.5 Å². The Bertz CT molecular complexity index is 971. The van der Waals surface area contributed by atoms with Gasteiger partial charge in [-0.1, -0.05) is 0 Å². The Labute approximate surface area is 153 Å². The third-order valence-corrected chi connectivity index (χ3v) is 6.95. The van der Waals surface area contributed by atoms with Gasteiger partial charge in [0.15, 0.2) is 0 Å². The molecule has 4 rings (SSSR count). The predicted molar refractivity (Wildman–Crippen MR) is 106 cm³/mol. The Kier molecular flexibility index (Phi) is 4.35. The second-order valence-electron chi connectivity index (χ2n) is 5.74. The van der Waals surface area contributed by atoms with Gasteiger partial charge in [0.05, 0.1) is 0 Å². The molecule has 0 saturated carbocycles. The second kappa shape index (κ2) is 6.79. The van der Waals surface area contributed by atoms with Crippen LogP contribution in [-0.4, -0.2) is 29.2 Å². The molecule has 3 heteroatoms. The first-order chi connectivity index (χ1) is 12.3. The molecular formula is C22H18O2Se. The van der Waals surface area contributed by atoms with Crippen molar-refractivity contribution in [3.05, 3.63) is 72.8 Å². The molecule has 0 fully saturated rings. The quantitative estimate of drug-likeness (QED) is 0.493. The maximum absolute atomic E-state index is 5.69. The van der Waals surface area contributed by atoms with Crippen LogP contribution in [0.25, 0.3) is 21.5 Å². The van der Waals surface area contributed by atoms with Crippen molar-refractivity contribution in [2.24, 2.45) is 0 Å². The Hall–Kier alpha value is -2.48. The van der Waals surface area contributed by atoms with Crippen molar-refractivity contribution < 1.29 is 9.47 Å². The van der Waals surface area contributed by atoms with Gasteiger partial charge in [0.2, 0.25) is 0 Å². The Morgan fingerprint density at radius 3 is 1.44 bits per heavy atom. The van der Waals surface area contributed by atoms with E-state index in [0.29, 0.717) is 0 Å². The molecule has 0 amide bonds. The van der Waals surface area contributed by atoms with Crippen LogP contribution in [0.3, 0.4) is 0 Å². The zero-order valence-electron chi connectivity index (χ0n) is 14.2. The van der Waals surface area contributed by atoms with E-state index in [1.165, 1.54) is 30.5 Å². The van der Waals surface area contributed by atoms with Gasteiger partial charge < -0.3 is 0 Å². The number of fused-ring (bicyclic) bond motifs is 2. The summed E-state index contributed by atoms with van der Waals surface area (Å²) in [5.74, 6) is 1.88. The van der Waals surface area contributed by atoms with Gasteiger partial charge in [-0.15, -0.1) is 0 Å². The normalized spacial score (nSPS) is 11.0. The first kappa shape index (κ1) is 16.0. The Morgan fingerprint density at radius 1 is 0.560 bits per heavy atom. The Balaban J connectivity index is 1.97. The van der Waals surface area contributed by atoms with E-state index in [-0.39, 0.29) is 15.0 Å². The standard InChI is InChI=1S/C22H18O2Se/c1-23-19-13-11-15-7-3-5-9-17(15)21(19)25-22-18-10-6-4-8-16(18)12-14-20(22)24-2/h3-14H,1-2H3. The summed E-state index contributed by atoms with van der Waals surface area (Å²) < 4.78 is 13.9. The molecule has 0 saturated heterocycles. The van der Waals surface area contributed by atoms with Crippen LogP contribution < -0.4 is 18.4 Å². The summed E-state index contributed by atoms with van der Waals surface area (Å²) >= 11 is 0.0540. The first-order valence-electron chi connectivity index (χ1n) is 8.11. The van der Waals surface area contributed by atoms with Gasteiger partial charge in [0.25, 0.3) is 0 Å². The van der Waals surface area contributed by atoms with Crippen molar-refractivity contribution in [1.29, 1.82) is 0 Å². The van der Waals surface area contributed by atoms with Crippen molar-refractivity contribution in [3.63, 3.8) is 0 Å². The molecule has 4 aromatic rings. The molecule has 25 heavy (non-hydrogen) atoms. The summed E-state index contributed by atoms with van der Waals surface area (Å²) in [5.41, 5.74) is 0. The van der Waals surface area contributed by atoms with Gasteiger partial charge in [-0.25, -0.2) is 0 Å². The molecule has 4 aromatic carbocycles. The molecule has 0 aromatic heterocycles. The second-order valence-corrected chi connectivity index (χ2v) is 7.88. The van der Waals surface area contributed by atoms with Crippen LogP contribution in [-0.2, 0) is 0 Å². The molecule has 0 aliphatic heterocycles. The van der Waals surface area contributed by atoms with Crippen molar-refractivity contribution in [2.45, 2.75) is 0 Å². The molecule has 0 unspecified atom stereocenters. The van der Waals surface area contributed by atoms with E-state index in [4.69, 9.17) is 9.47 Å². The zero-order valence-corrected chi connectivity index (χ0v) is 15.9. The number of rotatable bonds is 4. The summed E-state index contributed by atoms with van der Waals surface area (Å²) in [5, 5.41) is 4.97. The number of benzene rings is 4. The van der Waals surface area contributed by atoms with Crippen LogP contribution in [0.1, 0.15) is 0 Å². The van der Waals surface area contributed by atoms with E-state index >= 15 is 0 Å². The zero-order chi connectivity index (χ0) is 17.2. The van der Waals surface area contributed by atoms with Crippen LogP contribution in [0, 0.1) is 0 Å². The number of hydrogen-bond acceptors (Lipinski definition) is 2. The van der Waals surface area contributed by atoms with E-state index in [0.717, 1.165) is 11.5 Å².